The predicted molar refractivity (Wildman–Crippen MR) is 150 cm³/mol. The number of aromatic nitrogens is 4. The van der Waals surface area contributed by atoms with E-state index < -0.39 is 17.2 Å². The van der Waals surface area contributed by atoms with Crippen LogP contribution in [0.15, 0.2) is 30.5 Å². The van der Waals surface area contributed by atoms with Crippen LogP contribution in [0.4, 0.5) is 31.0 Å². The van der Waals surface area contributed by atoms with Crippen molar-refractivity contribution in [1.82, 2.24) is 25.1 Å². The molecule has 1 aromatic carbocycles. The van der Waals surface area contributed by atoms with Gasteiger partial charge in [0.05, 0.1) is 24.1 Å². The number of benzene rings is 1. The topological polar surface area (TPSA) is 106 Å². The van der Waals surface area contributed by atoms with Crippen LogP contribution in [0.2, 0.25) is 0 Å². The number of hydrogen-bond acceptors (Lipinski definition) is 9. The molecule has 12 heteroatoms. The van der Waals surface area contributed by atoms with Crippen LogP contribution in [0.1, 0.15) is 59.1 Å². The third-order valence-corrected chi connectivity index (χ3v) is 7.04. The average Bonchev–Trinajstić information content (AvgIpc) is 2.93. The Hall–Kier alpha value is -4.09. The number of amides is 1. The van der Waals surface area contributed by atoms with E-state index in [0.717, 1.165) is 24.7 Å². The Morgan fingerprint density at radius 3 is 2.51 bits per heavy atom. The molecule has 0 saturated carbocycles. The minimum atomic E-state index is -0.679. The molecule has 0 aliphatic carbocycles. The van der Waals surface area contributed by atoms with Crippen LogP contribution in [0.3, 0.4) is 0 Å². The van der Waals surface area contributed by atoms with Crippen LogP contribution in [0.5, 0.6) is 5.75 Å². The van der Waals surface area contributed by atoms with Gasteiger partial charge in [-0.1, -0.05) is 0 Å². The largest absolute Gasteiger partial charge is 0.486 e. The highest BCUT2D eigenvalue weighted by Gasteiger charge is 2.29. The van der Waals surface area contributed by atoms with Gasteiger partial charge in [-0.25, -0.2) is 23.5 Å². The Balaban J connectivity index is 1.28. The zero-order valence-electron chi connectivity index (χ0n) is 23.9. The van der Waals surface area contributed by atoms with E-state index in [0.29, 0.717) is 37.7 Å². The standard InChI is InChI=1S/C29H35F2N7O3/c1-17(2)38-12-13-40-26-20(30)14-19(15-23(26)38)25-21(31)16-32-27(34-25)33-24-7-6-22(35-36-24)18-8-10-37(11-9-18)28(39)41-29(3,4)5/h6-7,14-18H,8-13H2,1-5H3,(H,32,33,34,36). The molecule has 10 nitrogen and oxygen atoms in total. The summed E-state index contributed by atoms with van der Waals surface area (Å²) in [7, 11) is 0. The van der Waals surface area contributed by atoms with E-state index in [1.54, 1.807) is 17.0 Å². The van der Waals surface area contributed by atoms with Gasteiger partial charge in [0.25, 0.3) is 0 Å². The lowest BCUT2D eigenvalue weighted by Gasteiger charge is -2.34. The number of rotatable bonds is 5. The summed E-state index contributed by atoms with van der Waals surface area (Å²) in [5.74, 6) is -0.446. The lowest BCUT2D eigenvalue weighted by atomic mass is 9.93. The molecule has 0 radical (unpaired) electrons. The molecular weight excluding hydrogens is 532 g/mol. The fourth-order valence-electron chi connectivity index (χ4n) is 5.03. The first-order valence-corrected chi connectivity index (χ1v) is 13.8. The molecule has 0 atom stereocenters. The molecule has 41 heavy (non-hydrogen) atoms. The molecule has 1 amide bonds. The van der Waals surface area contributed by atoms with Gasteiger partial charge in [-0.2, -0.15) is 5.10 Å². The Morgan fingerprint density at radius 2 is 1.85 bits per heavy atom. The average molecular weight is 568 g/mol. The van der Waals surface area contributed by atoms with Crippen LogP contribution in [0, 0.1) is 11.6 Å². The summed E-state index contributed by atoms with van der Waals surface area (Å²) < 4.78 is 40.8. The molecule has 1 N–H and O–H groups in total. The number of anilines is 3. The molecule has 3 aromatic rings. The molecule has 5 rings (SSSR count). The number of fused-ring (bicyclic) bond motifs is 1. The first-order valence-electron chi connectivity index (χ1n) is 13.8. The number of piperidine rings is 1. The third-order valence-electron chi connectivity index (χ3n) is 7.04. The molecule has 2 aromatic heterocycles. The molecule has 2 aliphatic heterocycles. The van der Waals surface area contributed by atoms with Crippen LogP contribution in [-0.2, 0) is 4.74 Å². The third kappa shape index (κ3) is 6.47. The zero-order valence-corrected chi connectivity index (χ0v) is 23.9. The highest BCUT2D eigenvalue weighted by atomic mass is 19.1. The maximum absolute atomic E-state index is 15.0. The lowest BCUT2D eigenvalue weighted by Crippen LogP contribution is -2.41. The number of halogens is 2. The summed E-state index contributed by atoms with van der Waals surface area (Å²) in [5, 5.41) is 11.6. The van der Waals surface area contributed by atoms with Gasteiger partial charge in [0, 0.05) is 30.6 Å². The fourth-order valence-corrected chi connectivity index (χ4v) is 5.03. The van der Waals surface area contributed by atoms with E-state index in [9.17, 15) is 13.6 Å². The maximum atomic E-state index is 15.0. The molecule has 1 saturated heterocycles. The summed E-state index contributed by atoms with van der Waals surface area (Å²) in [6, 6.07) is 6.65. The summed E-state index contributed by atoms with van der Waals surface area (Å²) in [6.45, 7) is 11.7. The van der Waals surface area contributed by atoms with Gasteiger partial charge >= 0.3 is 6.09 Å². The van der Waals surface area contributed by atoms with Crippen molar-refractivity contribution in [3.63, 3.8) is 0 Å². The number of nitrogens with zero attached hydrogens (tertiary/aromatic N) is 6. The van der Waals surface area contributed by atoms with Gasteiger partial charge in [0.15, 0.2) is 23.2 Å². The number of likely N-dealkylation sites (tertiary alicyclic amines) is 1. The number of ether oxygens (including phenoxy) is 2. The summed E-state index contributed by atoms with van der Waals surface area (Å²) in [5.41, 5.74) is 1.09. The van der Waals surface area contributed by atoms with E-state index >= 15 is 0 Å². The smallest absolute Gasteiger partial charge is 0.410 e. The van der Waals surface area contributed by atoms with Gasteiger partial charge < -0.3 is 24.6 Å². The van der Waals surface area contributed by atoms with Crippen LogP contribution in [0.25, 0.3) is 11.3 Å². The molecule has 4 heterocycles. The Bertz CT molecular complexity index is 1400. The number of carbonyl (C=O) groups is 1. The van der Waals surface area contributed by atoms with Crippen molar-refractivity contribution in [2.45, 2.75) is 65.0 Å². The monoisotopic (exact) mass is 567 g/mol. The van der Waals surface area contributed by atoms with Crippen molar-refractivity contribution >= 4 is 23.5 Å². The Labute approximate surface area is 238 Å². The lowest BCUT2D eigenvalue weighted by molar-refractivity contribution is 0.0204. The molecule has 1 fully saturated rings. The Morgan fingerprint density at radius 1 is 1.10 bits per heavy atom. The summed E-state index contributed by atoms with van der Waals surface area (Å²) >= 11 is 0. The van der Waals surface area contributed by atoms with Crippen molar-refractivity contribution in [2.24, 2.45) is 0 Å². The molecule has 0 unspecified atom stereocenters. The van der Waals surface area contributed by atoms with Crippen LogP contribution in [-0.4, -0.2) is 69.0 Å². The molecule has 0 bridgehead atoms. The Kier molecular flexibility index (Phi) is 7.92. The van der Waals surface area contributed by atoms with E-state index in [1.807, 2.05) is 45.6 Å². The van der Waals surface area contributed by atoms with Crippen molar-refractivity contribution in [3.8, 4) is 17.0 Å². The van der Waals surface area contributed by atoms with E-state index in [-0.39, 0.29) is 41.0 Å². The molecular formula is C29H35F2N7O3. The fraction of sp³-hybridized carbons (Fsp3) is 0.483. The zero-order chi connectivity index (χ0) is 29.3. The SMILES string of the molecule is CC(C)N1CCOc2c(F)cc(-c3nc(Nc4ccc(C5CCN(C(=O)OC(C)(C)C)CC5)nn4)ncc3F)cc21. The second kappa shape index (κ2) is 11.4. The first kappa shape index (κ1) is 28.4. The van der Waals surface area contributed by atoms with Gasteiger partial charge in [-0.3, -0.25) is 0 Å². The highest BCUT2D eigenvalue weighted by molar-refractivity contribution is 5.73. The maximum Gasteiger partial charge on any atom is 0.410 e. The van der Waals surface area contributed by atoms with Gasteiger partial charge in [0.2, 0.25) is 5.95 Å². The number of carbonyl (C=O) groups excluding carboxylic acids is 1. The van der Waals surface area contributed by atoms with Crippen LogP contribution < -0.4 is 15.0 Å². The summed E-state index contributed by atoms with van der Waals surface area (Å²) in [4.78, 5) is 24.4. The normalized spacial score (nSPS) is 15.9. The first-order chi connectivity index (χ1) is 19.5. The van der Waals surface area contributed by atoms with E-state index in [4.69, 9.17) is 9.47 Å². The van der Waals surface area contributed by atoms with Crippen LogP contribution >= 0.6 is 0 Å². The second-order valence-corrected chi connectivity index (χ2v) is 11.5. The second-order valence-electron chi connectivity index (χ2n) is 11.5. The molecule has 2 aliphatic rings. The highest BCUT2D eigenvalue weighted by Crippen LogP contribution is 2.39. The predicted octanol–water partition coefficient (Wildman–Crippen LogP) is 5.68. The van der Waals surface area contributed by atoms with E-state index in [2.05, 4.69) is 25.5 Å². The molecule has 0 spiro atoms. The minimum Gasteiger partial charge on any atom is -0.486 e. The number of nitrogens with one attached hydrogen (secondary N) is 1. The number of hydrogen-bond donors (Lipinski definition) is 1. The van der Waals surface area contributed by atoms with Crippen molar-refractivity contribution in [1.29, 1.82) is 0 Å². The minimum absolute atomic E-state index is 0.0418. The molecule has 218 valence electrons. The van der Waals surface area contributed by atoms with Gasteiger partial charge in [-0.05, 0) is 71.7 Å². The van der Waals surface area contributed by atoms with E-state index in [1.165, 1.54) is 6.07 Å². The van der Waals surface area contributed by atoms with Gasteiger partial charge in [-0.15, -0.1) is 5.10 Å². The van der Waals surface area contributed by atoms with Crippen molar-refractivity contribution in [3.05, 3.63) is 47.8 Å². The van der Waals surface area contributed by atoms with Crippen molar-refractivity contribution in [2.75, 3.05) is 36.5 Å². The van der Waals surface area contributed by atoms with Gasteiger partial charge in [0.1, 0.15) is 17.9 Å². The van der Waals surface area contributed by atoms with Crippen molar-refractivity contribution < 1.29 is 23.0 Å². The quantitative estimate of drug-likeness (QED) is 0.417. The summed E-state index contributed by atoms with van der Waals surface area (Å²) in [6.07, 6.45) is 2.24.